The number of aliphatic hydroxyl groups excluding tert-OH is 2. The predicted octanol–water partition coefficient (Wildman–Crippen LogP) is 7.66. The summed E-state index contributed by atoms with van der Waals surface area (Å²) in [4.78, 5) is 18.5. The van der Waals surface area contributed by atoms with Crippen molar-refractivity contribution in [3.05, 3.63) is 137 Å². The zero-order valence-electron chi connectivity index (χ0n) is 38.6. The van der Waals surface area contributed by atoms with Gasteiger partial charge in [0.1, 0.15) is 4.90 Å². The van der Waals surface area contributed by atoms with Gasteiger partial charge in [-0.3, -0.25) is 9.69 Å². The lowest BCUT2D eigenvalue weighted by Crippen LogP contribution is -2.42. The number of nitrogens with zero attached hydrogens (tertiary/aromatic N) is 3. The summed E-state index contributed by atoms with van der Waals surface area (Å²) in [6.45, 7) is 6.12. The highest BCUT2D eigenvalue weighted by molar-refractivity contribution is 7.99. The normalized spacial score (nSPS) is 16.3. The minimum absolute atomic E-state index is 0.0523. The molecule has 2 saturated heterocycles. The van der Waals surface area contributed by atoms with E-state index in [9.17, 15) is 45.0 Å². The van der Waals surface area contributed by atoms with Crippen molar-refractivity contribution in [3.8, 4) is 11.1 Å². The first-order valence-electron chi connectivity index (χ1n) is 23.0. The van der Waals surface area contributed by atoms with Crippen LogP contribution in [0.4, 0.5) is 24.5 Å². The van der Waals surface area contributed by atoms with Gasteiger partial charge in [-0.1, -0.05) is 66.2 Å². The van der Waals surface area contributed by atoms with Crippen LogP contribution in [0.5, 0.6) is 0 Å². The van der Waals surface area contributed by atoms with Gasteiger partial charge in [-0.15, -0.1) is 11.8 Å². The van der Waals surface area contributed by atoms with Crippen LogP contribution in [-0.2, 0) is 26.4 Å². The van der Waals surface area contributed by atoms with Crippen molar-refractivity contribution in [1.29, 1.82) is 0 Å². The SMILES string of the molecule is CN(CCO)CC[C@H](CSc1ccccc1)Nc1ccc(S(=O)(=O)NC(=O)c2cccc(N3CCC([C@H](O)c4cc(CN5CCNCC5)ccc4-c4ccc(Cl)cc4)CC3)c2)cc1S(=O)(=O)C(F)(F)F. The van der Waals surface area contributed by atoms with Crippen LogP contribution in [-0.4, -0.2) is 126 Å². The van der Waals surface area contributed by atoms with Crippen LogP contribution in [0, 0.1) is 5.92 Å². The van der Waals surface area contributed by atoms with Crippen LogP contribution >= 0.6 is 23.4 Å². The minimum Gasteiger partial charge on any atom is -0.395 e. The molecule has 2 atom stereocenters. The molecular formula is C50H58ClF3N6O7S3. The highest BCUT2D eigenvalue weighted by Gasteiger charge is 2.48. The number of aliphatic hydroxyl groups is 2. The Labute approximate surface area is 417 Å². The average Bonchev–Trinajstić information content (AvgIpc) is 3.35. The predicted molar refractivity (Wildman–Crippen MR) is 269 cm³/mol. The molecule has 376 valence electrons. The molecule has 13 nitrogen and oxygen atoms in total. The molecule has 0 aliphatic carbocycles. The zero-order valence-corrected chi connectivity index (χ0v) is 41.8. The second-order valence-corrected chi connectivity index (χ2v) is 22.7. The van der Waals surface area contributed by atoms with Gasteiger partial charge < -0.3 is 30.6 Å². The van der Waals surface area contributed by atoms with Crippen molar-refractivity contribution in [2.75, 3.05) is 82.0 Å². The van der Waals surface area contributed by atoms with Gasteiger partial charge in [0.05, 0.1) is 23.3 Å². The lowest BCUT2D eigenvalue weighted by Gasteiger charge is -2.36. The summed E-state index contributed by atoms with van der Waals surface area (Å²) in [5.74, 6) is -0.871. The fraction of sp³-hybridized carbons (Fsp3) is 0.380. The Balaban J connectivity index is 1.05. The molecule has 5 N–H and O–H groups in total. The van der Waals surface area contributed by atoms with Crippen LogP contribution in [0.2, 0.25) is 5.02 Å². The van der Waals surface area contributed by atoms with E-state index in [1.807, 2.05) is 69.1 Å². The Morgan fingerprint density at radius 2 is 1.60 bits per heavy atom. The maximum absolute atomic E-state index is 14.2. The summed E-state index contributed by atoms with van der Waals surface area (Å²) < 4.78 is 98.2. The monoisotopic (exact) mass is 1040 g/mol. The first-order valence-corrected chi connectivity index (χ1v) is 27.4. The number of alkyl halides is 3. The molecule has 20 heteroatoms. The Hall–Kier alpha value is -4.70. The number of sulfone groups is 1. The van der Waals surface area contributed by atoms with Crippen molar-refractivity contribution in [2.45, 2.75) is 58.1 Å². The van der Waals surface area contributed by atoms with Crippen LogP contribution < -0.4 is 20.3 Å². The minimum atomic E-state index is -6.11. The number of anilines is 2. The molecule has 0 bridgehead atoms. The quantitative estimate of drug-likeness (QED) is 0.0482. The van der Waals surface area contributed by atoms with E-state index in [0.717, 1.165) is 72.0 Å². The van der Waals surface area contributed by atoms with Crippen LogP contribution in [0.3, 0.4) is 0 Å². The number of nitrogens with one attached hydrogen (secondary N) is 3. The summed E-state index contributed by atoms with van der Waals surface area (Å²) in [7, 11) is -9.27. The molecule has 5 aromatic carbocycles. The van der Waals surface area contributed by atoms with E-state index in [-0.39, 0.29) is 18.1 Å². The van der Waals surface area contributed by atoms with Crippen LogP contribution in [0.1, 0.15) is 46.9 Å². The van der Waals surface area contributed by atoms with Crippen LogP contribution in [0.25, 0.3) is 11.1 Å². The molecule has 2 aliphatic rings. The van der Waals surface area contributed by atoms with E-state index in [4.69, 9.17) is 11.6 Å². The van der Waals surface area contributed by atoms with Crippen molar-refractivity contribution < 1.29 is 45.0 Å². The molecule has 1 amide bonds. The smallest absolute Gasteiger partial charge is 0.395 e. The fourth-order valence-electron chi connectivity index (χ4n) is 8.71. The molecule has 0 spiro atoms. The molecule has 0 radical (unpaired) electrons. The van der Waals surface area contributed by atoms with E-state index in [2.05, 4.69) is 33.7 Å². The maximum Gasteiger partial charge on any atom is 0.501 e. The van der Waals surface area contributed by atoms with E-state index < -0.39 is 58.9 Å². The third-order valence-corrected chi connectivity index (χ3v) is 16.9. The highest BCUT2D eigenvalue weighted by atomic mass is 35.5. The number of thioether (sulfide) groups is 1. The Bertz CT molecular complexity index is 2780. The van der Waals surface area contributed by atoms with Gasteiger partial charge in [0.25, 0.3) is 25.8 Å². The Morgan fingerprint density at radius 3 is 2.29 bits per heavy atom. The largest absolute Gasteiger partial charge is 0.501 e. The number of benzene rings is 5. The molecule has 0 saturated carbocycles. The number of piperazine rings is 1. The average molecular weight is 1040 g/mol. The Kier molecular flexibility index (Phi) is 18.0. The first-order chi connectivity index (χ1) is 33.4. The highest BCUT2D eigenvalue weighted by Crippen LogP contribution is 2.40. The second kappa shape index (κ2) is 23.7. The number of carbonyl (C=O) groups is 1. The van der Waals surface area contributed by atoms with Crippen molar-refractivity contribution >= 4 is 60.5 Å². The van der Waals surface area contributed by atoms with Gasteiger partial charge in [0.2, 0.25) is 0 Å². The van der Waals surface area contributed by atoms with E-state index in [1.54, 1.807) is 19.2 Å². The molecule has 0 aromatic heterocycles. The number of sulfonamides is 1. The third kappa shape index (κ3) is 13.6. The van der Waals surface area contributed by atoms with Crippen molar-refractivity contribution in [3.63, 3.8) is 0 Å². The molecule has 2 heterocycles. The topological polar surface area (TPSA) is 172 Å². The number of amides is 1. The van der Waals surface area contributed by atoms with Crippen molar-refractivity contribution in [1.82, 2.24) is 19.8 Å². The number of halogens is 4. The number of rotatable bonds is 20. The molecule has 2 aliphatic heterocycles. The van der Waals surface area contributed by atoms with Gasteiger partial charge in [-0.25, -0.2) is 21.6 Å². The molecule has 0 unspecified atom stereocenters. The lowest BCUT2D eigenvalue weighted by atomic mass is 9.83. The molecule has 5 aromatic rings. The van der Waals surface area contributed by atoms with Gasteiger partial charge in [-0.05, 0) is 122 Å². The number of likely N-dealkylation sites (N-methyl/N-ethyl adjacent to an activating group) is 1. The fourth-order valence-corrected chi connectivity index (χ4v) is 11.9. The van der Waals surface area contributed by atoms with E-state index in [1.165, 1.54) is 23.9 Å². The maximum atomic E-state index is 14.2. The van der Waals surface area contributed by atoms with Crippen molar-refractivity contribution in [2.24, 2.45) is 5.92 Å². The van der Waals surface area contributed by atoms with Gasteiger partial charge in [0, 0.05) is 85.3 Å². The standard InChI is InChI=1S/C50H58ClF3N6O7S3/c1-58(28-29-61)23-20-40(34-68-42-8-3-2-4-9-42)56-46-17-15-43(32-47(46)69(64,65)50(52,53)54)70(66,67)57-49(63)38-6-5-7-41(31-38)60-24-18-37(19-25-60)48(62)45-30-35(33-59-26-21-55-22-27-59)10-16-44(45)36-11-13-39(51)14-12-36/h2-17,30-32,37,40,48,55-56,61-62H,18-29,33-34H2,1H3,(H,57,63)/t40-,48+/m1/s1. The van der Waals surface area contributed by atoms with Gasteiger partial charge in [-0.2, -0.15) is 13.2 Å². The second-order valence-electron chi connectivity index (χ2n) is 17.6. The lowest BCUT2D eigenvalue weighted by molar-refractivity contribution is -0.0435. The first kappa shape index (κ1) is 53.1. The molecular weight excluding hydrogens is 985 g/mol. The van der Waals surface area contributed by atoms with E-state index in [0.29, 0.717) is 68.0 Å². The number of hydrogen-bond donors (Lipinski definition) is 5. The summed E-state index contributed by atoms with van der Waals surface area (Å²) in [5.41, 5.74) is -1.87. The summed E-state index contributed by atoms with van der Waals surface area (Å²) >= 11 is 7.61. The molecule has 7 rings (SSSR count). The summed E-state index contributed by atoms with van der Waals surface area (Å²) in [5, 5.41) is 28.3. The summed E-state index contributed by atoms with van der Waals surface area (Å²) in [6, 6.07) is 31.0. The zero-order chi connectivity index (χ0) is 50.1. The van der Waals surface area contributed by atoms with Gasteiger partial charge >= 0.3 is 5.51 Å². The van der Waals surface area contributed by atoms with Crippen LogP contribution in [0.15, 0.2) is 130 Å². The number of hydrogen-bond acceptors (Lipinski definition) is 13. The third-order valence-electron chi connectivity index (χ3n) is 12.6. The molecule has 2 fully saturated rings. The Morgan fingerprint density at radius 1 is 0.886 bits per heavy atom. The summed E-state index contributed by atoms with van der Waals surface area (Å²) in [6.07, 6.45) is 0.763. The molecule has 70 heavy (non-hydrogen) atoms. The number of piperidine rings is 1. The number of carbonyl (C=O) groups excluding carboxylic acids is 1. The van der Waals surface area contributed by atoms with Gasteiger partial charge in [0.15, 0.2) is 0 Å². The van der Waals surface area contributed by atoms with E-state index >= 15 is 0 Å².